The van der Waals surface area contributed by atoms with Crippen LogP contribution in [0.2, 0.25) is 0 Å². The number of aliphatic hydroxyl groups is 1. The van der Waals surface area contributed by atoms with Crippen molar-refractivity contribution in [3.8, 4) is 0 Å². The fraction of sp³-hybridized carbons (Fsp3) is 0.625. The fourth-order valence-electron chi connectivity index (χ4n) is 0.750. The van der Waals surface area contributed by atoms with Gasteiger partial charge in [-0.3, -0.25) is 4.79 Å². The highest BCUT2D eigenvalue weighted by Crippen LogP contribution is 2.06. The molecule has 1 unspecified atom stereocenters. The molecule has 0 fully saturated rings. The van der Waals surface area contributed by atoms with Crippen LogP contribution < -0.4 is 5.32 Å². The predicted octanol–water partition coefficient (Wildman–Crippen LogP) is 0.429. The third-order valence-electron chi connectivity index (χ3n) is 1.98. The molecule has 0 radical (unpaired) electrons. The van der Waals surface area contributed by atoms with Crippen molar-refractivity contribution in [3.63, 3.8) is 0 Å². The third-order valence-corrected chi connectivity index (χ3v) is 2.49. The predicted molar refractivity (Wildman–Crippen MR) is 53.2 cm³/mol. The molecule has 0 spiro atoms. The van der Waals surface area contributed by atoms with Crippen LogP contribution in [-0.2, 0) is 0 Å². The number of nitrogens with one attached hydrogen (secondary N) is 1. The summed E-state index contributed by atoms with van der Waals surface area (Å²) in [5.74, 6) is -0.299. The maximum atomic E-state index is 11.4. The second kappa shape index (κ2) is 4.47. The molecule has 5 nitrogen and oxygen atoms in total. The topological polar surface area (TPSA) is 75.1 Å². The van der Waals surface area contributed by atoms with Crippen LogP contribution >= 0.6 is 11.5 Å². The molecule has 1 atom stereocenters. The van der Waals surface area contributed by atoms with Crippen LogP contribution in [0.15, 0.2) is 5.38 Å². The van der Waals surface area contributed by atoms with Gasteiger partial charge in [0.25, 0.3) is 5.91 Å². The van der Waals surface area contributed by atoms with Gasteiger partial charge >= 0.3 is 0 Å². The van der Waals surface area contributed by atoms with Crippen LogP contribution in [0, 0.1) is 0 Å². The molecule has 1 aromatic heterocycles. The molecule has 0 saturated heterocycles. The van der Waals surface area contributed by atoms with Gasteiger partial charge in [0, 0.05) is 11.9 Å². The molecule has 0 aliphatic carbocycles. The first-order valence-electron chi connectivity index (χ1n) is 4.33. The minimum Gasteiger partial charge on any atom is -0.388 e. The maximum absolute atomic E-state index is 11.4. The Kier molecular flexibility index (Phi) is 3.54. The van der Waals surface area contributed by atoms with Crippen molar-refractivity contribution in [1.29, 1.82) is 0 Å². The Hall–Kier alpha value is -1.01. The van der Waals surface area contributed by atoms with Gasteiger partial charge in [0.2, 0.25) is 0 Å². The summed E-state index contributed by atoms with van der Waals surface area (Å²) in [6.45, 7) is 3.75. The molecule has 0 aliphatic heterocycles. The van der Waals surface area contributed by atoms with Crippen LogP contribution in [0.3, 0.4) is 0 Å². The number of aromatic nitrogens is 2. The van der Waals surface area contributed by atoms with Gasteiger partial charge in [-0.05, 0) is 24.9 Å². The molecule has 1 rings (SSSR count). The van der Waals surface area contributed by atoms with Gasteiger partial charge in [0.15, 0.2) is 5.69 Å². The molecule has 14 heavy (non-hydrogen) atoms. The molecule has 0 aliphatic rings. The van der Waals surface area contributed by atoms with E-state index in [1.165, 1.54) is 0 Å². The summed E-state index contributed by atoms with van der Waals surface area (Å²) < 4.78 is 3.58. The normalized spacial score (nSPS) is 14.8. The highest BCUT2D eigenvalue weighted by molar-refractivity contribution is 7.03. The van der Waals surface area contributed by atoms with Crippen molar-refractivity contribution >= 4 is 17.4 Å². The van der Waals surface area contributed by atoms with E-state index in [9.17, 15) is 9.90 Å². The molecule has 1 aromatic rings. The monoisotopic (exact) mass is 215 g/mol. The lowest BCUT2D eigenvalue weighted by Crippen LogP contribution is -2.40. The minimum atomic E-state index is -0.862. The number of hydrogen-bond acceptors (Lipinski definition) is 5. The highest BCUT2D eigenvalue weighted by atomic mass is 32.1. The standard InChI is InChI=1S/C8H13N3O2S/c1-3-8(2,13)5-9-7(12)6-4-14-11-10-6/h4,13H,3,5H2,1-2H3,(H,9,12). The Morgan fingerprint density at radius 1 is 1.79 bits per heavy atom. The summed E-state index contributed by atoms with van der Waals surface area (Å²) >= 11 is 1.12. The Morgan fingerprint density at radius 2 is 2.50 bits per heavy atom. The molecule has 0 aromatic carbocycles. The Balaban J connectivity index is 2.43. The Bertz CT molecular complexity index is 298. The molecule has 78 valence electrons. The molecular weight excluding hydrogens is 202 g/mol. The molecular formula is C8H13N3O2S. The number of amides is 1. The van der Waals surface area contributed by atoms with Crippen molar-refractivity contribution in [2.75, 3.05) is 6.54 Å². The molecule has 2 N–H and O–H groups in total. The summed E-state index contributed by atoms with van der Waals surface area (Å²) in [4.78, 5) is 11.4. The lowest BCUT2D eigenvalue weighted by molar-refractivity contribution is 0.0517. The van der Waals surface area contributed by atoms with Gasteiger partial charge in [-0.1, -0.05) is 11.4 Å². The van der Waals surface area contributed by atoms with Gasteiger partial charge in [0.1, 0.15) is 0 Å². The number of hydrogen-bond donors (Lipinski definition) is 2. The van der Waals surface area contributed by atoms with Gasteiger partial charge < -0.3 is 10.4 Å². The second-order valence-corrected chi connectivity index (χ2v) is 3.93. The summed E-state index contributed by atoms with van der Waals surface area (Å²) in [6, 6.07) is 0. The average molecular weight is 215 g/mol. The van der Waals surface area contributed by atoms with Crippen molar-refractivity contribution in [2.24, 2.45) is 0 Å². The lowest BCUT2D eigenvalue weighted by Gasteiger charge is -2.20. The molecule has 0 saturated carbocycles. The first-order valence-corrected chi connectivity index (χ1v) is 5.16. The maximum Gasteiger partial charge on any atom is 0.272 e. The largest absolute Gasteiger partial charge is 0.388 e. The van der Waals surface area contributed by atoms with Crippen molar-refractivity contribution in [2.45, 2.75) is 25.9 Å². The quantitative estimate of drug-likeness (QED) is 0.763. The van der Waals surface area contributed by atoms with E-state index in [0.29, 0.717) is 12.1 Å². The summed E-state index contributed by atoms with van der Waals surface area (Å²) in [6.07, 6.45) is 0.586. The van der Waals surface area contributed by atoms with Crippen LogP contribution in [0.25, 0.3) is 0 Å². The molecule has 6 heteroatoms. The summed E-state index contributed by atoms with van der Waals surface area (Å²) in [5.41, 5.74) is -0.569. The smallest absolute Gasteiger partial charge is 0.272 e. The minimum absolute atomic E-state index is 0.222. The van der Waals surface area contributed by atoms with Crippen molar-refractivity contribution < 1.29 is 9.90 Å². The van der Waals surface area contributed by atoms with E-state index in [0.717, 1.165) is 11.5 Å². The fourth-order valence-corrected chi connectivity index (χ4v) is 1.19. The molecule has 1 amide bonds. The zero-order valence-electron chi connectivity index (χ0n) is 8.15. The zero-order chi connectivity index (χ0) is 10.6. The first kappa shape index (κ1) is 11.1. The SMILES string of the molecule is CCC(C)(O)CNC(=O)c1csnn1. The Morgan fingerprint density at radius 3 is 3.00 bits per heavy atom. The van der Waals surface area contributed by atoms with Crippen LogP contribution in [0.1, 0.15) is 30.8 Å². The van der Waals surface area contributed by atoms with Gasteiger partial charge in [-0.25, -0.2) is 0 Å². The van der Waals surface area contributed by atoms with Crippen molar-refractivity contribution in [1.82, 2.24) is 14.9 Å². The van der Waals surface area contributed by atoms with E-state index in [1.807, 2.05) is 6.92 Å². The molecule has 1 heterocycles. The summed E-state index contributed by atoms with van der Waals surface area (Å²) in [5, 5.41) is 17.4. The van der Waals surface area contributed by atoms with E-state index >= 15 is 0 Å². The first-order chi connectivity index (χ1) is 6.55. The number of nitrogens with zero attached hydrogens (tertiary/aromatic N) is 2. The number of carbonyl (C=O) groups excluding carboxylic acids is 1. The van der Waals surface area contributed by atoms with Gasteiger partial charge in [-0.15, -0.1) is 5.10 Å². The van der Waals surface area contributed by atoms with E-state index in [4.69, 9.17) is 0 Å². The van der Waals surface area contributed by atoms with Crippen LogP contribution in [-0.4, -0.2) is 32.7 Å². The van der Waals surface area contributed by atoms with Gasteiger partial charge in [-0.2, -0.15) is 0 Å². The number of carbonyl (C=O) groups is 1. The highest BCUT2D eigenvalue weighted by Gasteiger charge is 2.19. The lowest BCUT2D eigenvalue weighted by atomic mass is 10.0. The summed E-state index contributed by atoms with van der Waals surface area (Å²) in [7, 11) is 0. The third kappa shape index (κ3) is 3.04. The van der Waals surface area contributed by atoms with E-state index in [-0.39, 0.29) is 12.5 Å². The zero-order valence-corrected chi connectivity index (χ0v) is 8.97. The van der Waals surface area contributed by atoms with Crippen molar-refractivity contribution in [3.05, 3.63) is 11.1 Å². The second-order valence-electron chi connectivity index (χ2n) is 3.32. The van der Waals surface area contributed by atoms with Crippen LogP contribution in [0.5, 0.6) is 0 Å². The van der Waals surface area contributed by atoms with Gasteiger partial charge in [0.05, 0.1) is 5.60 Å². The average Bonchev–Trinajstić information content (AvgIpc) is 2.67. The van der Waals surface area contributed by atoms with E-state index < -0.39 is 5.60 Å². The van der Waals surface area contributed by atoms with E-state index in [2.05, 4.69) is 14.9 Å². The Labute approximate surface area is 86.3 Å². The van der Waals surface area contributed by atoms with E-state index in [1.54, 1.807) is 12.3 Å². The molecule has 0 bridgehead atoms. The number of rotatable bonds is 4. The van der Waals surface area contributed by atoms with Crippen LogP contribution in [0.4, 0.5) is 0 Å².